The highest BCUT2D eigenvalue weighted by molar-refractivity contribution is 7.89. The molecule has 2 aromatic carbocycles. The molecule has 0 atom stereocenters. The van der Waals surface area contributed by atoms with Crippen molar-refractivity contribution in [2.24, 2.45) is 0 Å². The van der Waals surface area contributed by atoms with Crippen LogP contribution in [0.25, 0.3) is 10.2 Å². The second-order valence-corrected chi connectivity index (χ2v) is 10.8. The van der Waals surface area contributed by atoms with Gasteiger partial charge in [0.25, 0.3) is 5.91 Å². The summed E-state index contributed by atoms with van der Waals surface area (Å²) in [4.78, 5) is 17.4. The summed E-state index contributed by atoms with van der Waals surface area (Å²) in [6.45, 7) is 4.02. The van der Waals surface area contributed by atoms with Crippen LogP contribution in [0, 0.1) is 13.8 Å². The number of fused-ring (bicyclic) bond motifs is 1. The number of aromatic nitrogens is 1. The van der Waals surface area contributed by atoms with E-state index in [4.69, 9.17) is 0 Å². The lowest BCUT2D eigenvalue weighted by molar-refractivity contribution is 0.102. The molecule has 8 heteroatoms. The van der Waals surface area contributed by atoms with Crippen molar-refractivity contribution in [1.82, 2.24) is 9.29 Å². The number of rotatable bonds is 5. The molecule has 4 rings (SSSR count). The minimum absolute atomic E-state index is 0.0592. The fourth-order valence-corrected chi connectivity index (χ4v) is 6.31. The first kappa shape index (κ1) is 21.0. The van der Waals surface area contributed by atoms with E-state index in [1.807, 2.05) is 26.0 Å². The van der Waals surface area contributed by atoms with Gasteiger partial charge in [-0.3, -0.25) is 10.1 Å². The molecule has 0 unspecified atom stereocenters. The van der Waals surface area contributed by atoms with Crippen molar-refractivity contribution in [1.29, 1.82) is 0 Å². The van der Waals surface area contributed by atoms with E-state index >= 15 is 0 Å². The Bertz CT molecular complexity index is 1160. The van der Waals surface area contributed by atoms with Crippen LogP contribution in [0.1, 0.15) is 47.2 Å². The molecule has 0 aliphatic heterocycles. The first-order chi connectivity index (χ1) is 14.3. The zero-order valence-corrected chi connectivity index (χ0v) is 18.9. The third-order valence-electron chi connectivity index (χ3n) is 5.80. The lowest BCUT2D eigenvalue weighted by atomic mass is 10.1. The number of hydrogen-bond acceptors (Lipinski definition) is 5. The normalized spacial score (nSPS) is 15.2. The molecule has 158 valence electrons. The number of sulfonamides is 1. The van der Waals surface area contributed by atoms with Crippen molar-refractivity contribution in [2.75, 3.05) is 12.4 Å². The van der Waals surface area contributed by atoms with E-state index in [0.29, 0.717) is 10.7 Å². The van der Waals surface area contributed by atoms with Crippen LogP contribution in [-0.2, 0) is 10.0 Å². The maximum atomic E-state index is 12.9. The number of nitrogens with zero attached hydrogens (tertiary/aromatic N) is 2. The Morgan fingerprint density at radius 3 is 2.33 bits per heavy atom. The number of hydrogen-bond donors (Lipinski definition) is 1. The van der Waals surface area contributed by atoms with E-state index in [0.717, 1.165) is 47.0 Å². The Balaban J connectivity index is 1.52. The summed E-state index contributed by atoms with van der Waals surface area (Å²) in [6, 6.07) is 10.2. The van der Waals surface area contributed by atoms with Gasteiger partial charge in [0, 0.05) is 18.7 Å². The Hall–Kier alpha value is -2.29. The first-order valence-corrected chi connectivity index (χ1v) is 12.3. The highest BCUT2D eigenvalue weighted by atomic mass is 32.2. The molecule has 1 saturated carbocycles. The van der Waals surface area contributed by atoms with Crippen LogP contribution < -0.4 is 5.32 Å². The quantitative estimate of drug-likeness (QED) is 0.618. The second-order valence-electron chi connectivity index (χ2n) is 7.83. The van der Waals surface area contributed by atoms with Gasteiger partial charge in [-0.2, -0.15) is 4.31 Å². The van der Waals surface area contributed by atoms with E-state index in [1.165, 1.54) is 27.8 Å². The van der Waals surface area contributed by atoms with Crippen molar-refractivity contribution >= 4 is 42.6 Å². The van der Waals surface area contributed by atoms with Crippen LogP contribution >= 0.6 is 11.3 Å². The number of aryl methyl sites for hydroxylation is 2. The monoisotopic (exact) mass is 443 g/mol. The molecule has 0 spiro atoms. The number of amides is 1. The first-order valence-electron chi connectivity index (χ1n) is 10.0. The fraction of sp³-hybridized carbons (Fsp3) is 0.364. The highest BCUT2D eigenvalue weighted by Gasteiger charge is 2.30. The van der Waals surface area contributed by atoms with Gasteiger partial charge in [0.15, 0.2) is 5.13 Å². The van der Waals surface area contributed by atoms with Crippen LogP contribution in [0.2, 0.25) is 0 Å². The van der Waals surface area contributed by atoms with E-state index < -0.39 is 10.0 Å². The third-order valence-corrected chi connectivity index (χ3v) is 8.83. The maximum Gasteiger partial charge on any atom is 0.257 e. The molecule has 3 aromatic rings. The average molecular weight is 444 g/mol. The molecule has 1 fully saturated rings. The SMILES string of the molecule is Cc1ccc(C)c2sc(NC(=O)c3ccc(S(=O)(=O)N(C)C4CCCC4)cc3)nc12. The minimum Gasteiger partial charge on any atom is -0.298 e. The minimum atomic E-state index is -3.56. The molecular formula is C22H25N3O3S2. The van der Waals surface area contributed by atoms with Gasteiger partial charge in [0.1, 0.15) is 0 Å². The van der Waals surface area contributed by atoms with Crippen LogP contribution in [0.5, 0.6) is 0 Å². The Labute approximate surface area is 181 Å². The molecule has 1 amide bonds. The van der Waals surface area contributed by atoms with Crippen molar-refractivity contribution in [3.05, 3.63) is 53.1 Å². The van der Waals surface area contributed by atoms with Gasteiger partial charge in [-0.05, 0) is 62.1 Å². The van der Waals surface area contributed by atoms with Gasteiger partial charge in [-0.1, -0.05) is 36.3 Å². The number of carbonyl (C=O) groups excluding carboxylic acids is 1. The van der Waals surface area contributed by atoms with Crippen molar-refractivity contribution in [3.8, 4) is 0 Å². The zero-order chi connectivity index (χ0) is 21.5. The van der Waals surface area contributed by atoms with E-state index in [1.54, 1.807) is 19.2 Å². The molecule has 1 heterocycles. The van der Waals surface area contributed by atoms with Gasteiger partial charge in [-0.15, -0.1) is 0 Å². The van der Waals surface area contributed by atoms with Crippen LogP contribution in [0.4, 0.5) is 5.13 Å². The smallest absolute Gasteiger partial charge is 0.257 e. The van der Waals surface area contributed by atoms with Crippen molar-refractivity contribution in [3.63, 3.8) is 0 Å². The maximum absolute atomic E-state index is 12.9. The molecule has 30 heavy (non-hydrogen) atoms. The lowest BCUT2D eigenvalue weighted by Gasteiger charge is -2.23. The molecule has 1 N–H and O–H groups in total. The predicted molar refractivity (Wildman–Crippen MR) is 121 cm³/mol. The van der Waals surface area contributed by atoms with Gasteiger partial charge < -0.3 is 0 Å². The molecular weight excluding hydrogens is 418 g/mol. The summed E-state index contributed by atoms with van der Waals surface area (Å²) in [5, 5.41) is 3.37. The average Bonchev–Trinajstić information content (AvgIpc) is 3.41. The molecule has 1 aromatic heterocycles. The second kappa shape index (κ2) is 8.09. The summed E-state index contributed by atoms with van der Waals surface area (Å²) in [6.07, 6.45) is 3.93. The predicted octanol–water partition coefficient (Wildman–Crippen LogP) is 4.73. The van der Waals surface area contributed by atoms with E-state index in [9.17, 15) is 13.2 Å². The summed E-state index contributed by atoms with van der Waals surface area (Å²) >= 11 is 1.44. The van der Waals surface area contributed by atoms with E-state index in [2.05, 4.69) is 10.3 Å². The lowest BCUT2D eigenvalue weighted by Crippen LogP contribution is -2.35. The molecule has 1 aliphatic rings. The third kappa shape index (κ3) is 3.87. The van der Waals surface area contributed by atoms with Gasteiger partial charge in [0.05, 0.1) is 15.1 Å². The summed E-state index contributed by atoms with van der Waals surface area (Å²) < 4.78 is 28.3. The molecule has 1 aliphatic carbocycles. The van der Waals surface area contributed by atoms with E-state index in [-0.39, 0.29) is 16.8 Å². The summed E-state index contributed by atoms with van der Waals surface area (Å²) in [5.41, 5.74) is 3.47. The summed E-state index contributed by atoms with van der Waals surface area (Å²) in [7, 11) is -1.92. The number of anilines is 1. The van der Waals surface area contributed by atoms with Gasteiger partial charge >= 0.3 is 0 Å². The van der Waals surface area contributed by atoms with Crippen LogP contribution in [0.3, 0.4) is 0 Å². The molecule has 0 saturated heterocycles. The Kier molecular flexibility index (Phi) is 5.65. The van der Waals surface area contributed by atoms with Gasteiger partial charge in [-0.25, -0.2) is 13.4 Å². The van der Waals surface area contributed by atoms with Gasteiger partial charge in [0.2, 0.25) is 10.0 Å². The number of thiazole rings is 1. The molecule has 0 radical (unpaired) electrons. The molecule has 6 nitrogen and oxygen atoms in total. The number of nitrogens with one attached hydrogen (secondary N) is 1. The summed E-state index contributed by atoms with van der Waals surface area (Å²) in [5.74, 6) is -0.308. The number of carbonyl (C=O) groups is 1. The van der Waals surface area contributed by atoms with Crippen molar-refractivity contribution < 1.29 is 13.2 Å². The standard InChI is InChI=1S/C22H25N3O3S2/c1-14-8-9-15(2)20-19(14)23-22(29-20)24-21(26)16-10-12-18(13-11-16)30(27,28)25(3)17-6-4-5-7-17/h8-13,17H,4-7H2,1-3H3,(H,23,24,26). The number of benzene rings is 2. The zero-order valence-electron chi connectivity index (χ0n) is 17.3. The van der Waals surface area contributed by atoms with Crippen LogP contribution in [-0.4, -0.2) is 36.7 Å². The Morgan fingerprint density at radius 2 is 1.70 bits per heavy atom. The Morgan fingerprint density at radius 1 is 1.07 bits per heavy atom. The largest absolute Gasteiger partial charge is 0.298 e. The highest BCUT2D eigenvalue weighted by Crippen LogP contribution is 2.31. The van der Waals surface area contributed by atoms with Crippen LogP contribution in [0.15, 0.2) is 41.3 Å². The molecule has 0 bridgehead atoms. The topological polar surface area (TPSA) is 79.4 Å². The van der Waals surface area contributed by atoms with Crippen molar-refractivity contribution in [2.45, 2.75) is 50.5 Å². The fourth-order valence-electron chi connectivity index (χ4n) is 3.89.